The molecule has 0 bridgehead atoms. The van der Waals surface area contributed by atoms with Crippen LogP contribution in [0.25, 0.3) is 6.08 Å². The predicted molar refractivity (Wildman–Crippen MR) is 135 cm³/mol. The fourth-order valence-corrected chi connectivity index (χ4v) is 5.76. The number of fused-ring (bicyclic) bond motifs is 4. The van der Waals surface area contributed by atoms with Gasteiger partial charge < -0.3 is 14.6 Å². The zero-order valence-corrected chi connectivity index (χ0v) is 19.8. The first kappa shape index (κ1) is 21.6. The molecule has 6 rings (SSSR count). The standard InChI is InChI=1S/C27H23N3O4S/c1-2-33-24-14-17(12-13-22(24)31)15-25-26(32)28-27(35-25)30-21(19-10-6-7-11-23(19)34-27)16-20(29-30)18-8-4-3-5-9-18/h3-15,21,31H,2,16H2,1H3,(H,28,32)/b25-15-/t21-,27-/m0/s1. The second-order valence-corrected chi connectivity index (χ2v) is 9.62. The van der Waals surface area contributed by atoms with Crippen molar-refractivity contribution in [1.29, 1.82) is 0 Å². The van der Waals surface area contributed by atoms with Crippen molar-refractivity contribution >= 4 is 29.5 Å². The van der Waals surface area contributed by atoms with Gasteiger partial charge in [-0.15, -0.1) is 0 Å². The molecule has 1 spiro atoms. The molecule has 1 amide bonds. The van der Waals surface area contributed by atoms with Gasteiger partial charge in [-0.25, -0.2) is 5.01 Å². The van der Waals surface area contributed by atoms with Crippen LogP contribution in [-0.2, 0) is 4.79 Å². The molecule has 3 aromatic rings. The third-order valence-electron chi connectivity index (χ3n) is 6.17. The Morgan fingerprint density at radius 3 is 2.83 bits per heavy atom. The number of thioether (sulfide) groups is 1. The molecule has 0 radical (unpaired) electrons. The van der Waals surface area contributed by atoms with Crippen molar-refractivity contribution < 1.29 is 19.4 Å². The summed E-state index contributed by atoms with van der Waals surface area (Å²) >= 11 is 1.29. The van der Waals surface area contributed by atoms with Gasteiger partial charge in [0, 0.05) is 12.0 Å². The normalized spacial score (nSPS) is 23.5. The summed E-state index contributed by atoms with van der Waals surface area (Å²) < 4.78 is 11.9. The number of nitrogens with zero attached hydrogens (tertiary/aromatic N) is 2. The van der Waals surface area contributed by atoms with E-state index in [1.54, 1.807) is 24.3 Å². The zero-order chi connectivity index (χ0) is 24.0. The molecule has 7 nitrogen and oxygen atoms in total. The molecule has 1 fully saturated rings. The average molecular weight is 486 g/mol. The lowest BCUT2D eigenvalue weighted by atomic mass is 9.97. The van der Waals surface area contributed by atoms with Crippen LogP contribution in [0.4, 0.5) is 0 Å². The molecule has 2 atom stereocenters. The number of benzene rings is 3. The van der Waals surface area contributed by atoms with E-state index in [1.807, 2.05) is 66.5 Å². The van der Waals surface area contributed by atoms with Gasteiger partial charge in [0.05, 0.1) is 23.3 Å². The number of phenolic OH excluding ortho intramolecular Hbond substituents is 1. The molecule has 8 heteroatoms. The van der Waals surface area contributed by atoms with Crippen LogP contribution in [0.2, 0.25) is 0 Å². The Morgan fingerprint density at radius 1 is 1.20 bits per heavy atom. The Labute approximate surface area is 207 Å². The number of hydrogen-bond acceptors (Lipinski definition) is 7. The SMILES string of the molecule is CCOc1cc(/C=C2\S[C@]3(NC2=O)Oc2ccccc2[C@@H]2CC(c4ccccc4)=NN23)ccc1O. The highest BCUT2D eigenvalue weighted by Gasteiger charge is 2.57. The highest BCUT2D eigenvalue weighted by molar-refractivity contribution is 8.05. The third kappa shape index (κ3) is 3.70. The average Bonchev–Trinajstić information content (AvgIpc) is 3.45. The quantitative estimate of drug-likeness (QED) is 0.514. The lowest BCUT2D eigenvalue weighted by Gasteiger charge is -2.43. The number of phenols is 1. The van der Waals surface area contributed by atoms with Crippen LogP contribution >= 0.6 is 11.8 Å². The minimum Gasteiger partial charge on any atom is -0.504 e. The molecule has 3 aliphatic rings. The van der Waals surface area contributed by atoms with Crippen LogP contribution in [0.15, 0.2) is 82.8 Å². The molecule has 0 saturated carbocycles. The molecule has 0 aliphatic carbocycles. The Kier molecular flexibility index (Phi) is 5.18. The predicted octanol–water partition coefficient (Wildman–Crippen LogP) is 4.85. The van der Waals surface area contributed by atoms with Gasteiger partial charge in [-0.2, -0.15) is 5.10 Å². The summed E-state index contributed by atoms with van der Waals surface area (Å²) in [6.45, 7) is 2.28. The summed E-state index contributed by atoms with van der Waals surface area (Å²) in [4.78, 5) is 13.6. The fourth-order valence-electron chi connectivity index (χ4n) is 4.59. The fraction of sp³-hybridized carbons (Fsp3) is 0.185. The molecule has 3 aliphatic heterocycles. The monoisotopic (exact) mass is 485 g/mol. The van der Waals surface area contributed by atoms with Gasteiger partial charge in [0.15, 0.2) is 11.5 Å². The summed E-state index contributed by atoms with van der Waals surface area (Å²) in [5.41, 5.74) is 3.78. The number of carbonyl (C=O) groups is 1. The molecule has 3 heterocycles. The second-order valence-electron chi connectivity index (χ2n) is 8.42. The number of hydrogen-bond donors (Lipinski definition) is 2. The first-order chi connectivity index (χ1) is 17.1. The topological polar surface area (TPSA) is 83.4 Å². The van der Waals surface area contributed by atoms with Crippen molar-refractivity contribution in [3.8, 4) is 17.2 Å². The first-order valence-electron chi connectivity index (χ1n) is 11.5. The Morgan fingerprint density at radius 2 is 2.00 bits per heavy atom. The maximum atomic E-state index is 13.1. The van der Waals surface area contributed by atoms with E-state index in [-0.39, 0.29) is 17.7 Å². The highest BCUT2D eigenvalue weighted by Crippen LogP contribution is 2.53. The smallest absolute Gasteiger partial charge is 0.336 e. The molecule has 35 heavy (non-hydrogen) atoms. The lowest BCUT2D eigenvalue weighted by Crippen LogP contribution is -2.58. The Balaban J connectivity index is 1.39. The van der Waals surface area contributed by atoms with Crippen molar-refractivity contribution in [1.82, 2.24) is 10.3 Å². The summed E-state index contributed by atoms with van der Waals surface area (Å²) in [6, 6.07) is 22.9. The number of hydrazone groups is 1. The zero-order valence-electron chi connectivity index (χ0n) is 19.0. The van der Waals surface area contributed by atoms with Crippen LogP contribution in [0, 0.1) is 0 Å². The van der Waals surface area contributed by atoms with E-state index in [2.05, 4.69) is 5.32 Å². The van der Waals surface area contributed by atoms with Crippen molar-refractivity contribution in [3.05, 3.63) is 94.4 Å². The third-order valence-corrected chi connectivity index (χ3v) is 7.34. The number of aromatic hydroxyl groups is 1. The van der Waals surface area contributed by atoms with E-state index in [1.165, 1.54) is 11.8 Å². The number of carbonyl (C=O) groups excluding carboxylic acids is 1. The van der Waals surface area contributed by atoms with Gasteiger partial charge in [-0.05, 0) is 54.1 Å². The van der Waals surface area contributed by atoms with Gasteiger partial charge in [-0.3, -0.25) is 10.1 Å². The molecule has 2 N–H and O–H groups in total. The molecule has 1 saturated heterocycles. The van der Waals surface area contributed by atoms with Crippen LogP contribution in [0.3, 0.4) is 0 Å². The minimum absolute atomic E-state index is 0.0592. The molecular formula is C27H23N3O4S. The van der Waals surface area contributed by atoms with Crippen LogP contribution in [-0.4, -0.2) is 33.5 Å². The Hall–Kier alpha value is -3.91. The van der Waals surface area contributed by atoms with E-state index in [0.29, 0.717) is 23.7 Å². The van der Waals surface area contributed by atoms with Crippen LogP contribution in [0.5, 0.6) is 17.2 Å². The summed E-state index contributed by atoms with van der Waals surface area (Å²) in [6.07, 6.45) is 2.48. The van der Waals surface area contributed by atoms with Gasteiger partial charge in [0.25, 0.3) is 5.91 Å². The summed E-state index contributed by atoms with van der Waals surface area (Å²) in [5, 5.41) is 18.7. The van der Waals surface area contributed by atoms with E-state index < -0.39 is 5.18 Å². The molecular weight excluding hydrogens is 462 g/mol. The molecule has 0 unspecified atom stereocenters. The van der Waals surface area contributed by atoms with Gasteiger partial charge in [0.2, 0.25) is 0 Å². The van der Waals surface area contributed by atoms with Crippen LogP contribution in [0.1, 0.15) is 36.1 Å². The van der Waals surface area contributed by atoms with Gasteiger partial charge >= 0.3 is 5.18 Å². The first-order valence-corrected chi connectivity index (χ1v) is 12.3. The highest BCUT2D eigenvalue weighted by atomic mass is 32.2. The largest absolute Gasteiger partial charge is 0.504 e. The maximum Gasteiger partial charge on any atom is 0.336 e. The van der Waals surface area contributed by atoms with E-state index in [4.69, 9.17) is 14.6 Å². The van der Waals surface area contributed by atoms with Crippen LogP contribution < -0.4 is 14.8 Å². The number of nitrogens with one attached hydrogen (secondary N) is 1. The van der Waals surface area contributed by atoms with Crippen molar-refractivity contribution in [2.24, 2.45) is 5.10 Å². The van der Waals surface area contributed by atoms with Crippen molar-refractivity contribution in [2.75, 3.05) is 6.61 Å². The van der Waals surface area contributed by atoms with E-state index in [9.17, 15) is 9.90 Å². The van der Waals surface area contributed by atoms with E-state index in [0.717, 1.165) is 28.2 Å². The number of ether oxygens (including phenoxy) is 2. The van der Waals surface area contributed by atoms with E-state index >= 15 is 0 Å². The van der Waals surface area contributed by atoms with Gasteiger partial charge in [0.1, 0.15) is 5.75 Å². The summed E-state index contributed by atoms with van der Waals surface area (Å²) in [7, 11) is 0. The Bertz CT molecular complexity index is 1370. The summed E-state index contributed by atoms with van der Waals surface area (Å²) in [5.74, 6) is 0.918. The molecule has 0 aromatic heterocycles. The number of rotatable bonds is 4. The lowest BCUT2D eigenvalue weighted by molar-refractivity contribution is -0.127. The number of amides is 1. The van der Waals surface area contributed by atoms with Crippen molar-refractivity contribution in [3.63, 3.8) is 0 Å². The number of para-hydroxylation sites is 1. The maximum absolute atomic E-state index is 13.1. The second kappa shape index (κ2) is 8.39. The minimum atomic E-state index is -1.20. The van der Waals surface area contributed by atoms with Crippen molar-refractivity contribution in [2.45, 2.75) is 24.6 Å². The van der Waals surface area contributed by atoms with Gasteiger partial charge in [-0.1, -0.05) is 54.6 Å². The molecule has 3 aromatic carbocycles. The molecule has 176 valence electrons.